The highest BCUT2D eigenvalue weighted by Gasteiger charge is 2.19. The van der Waals surface area contributed by atoms with Gasteiger partial charge in [0, 0.05) is 0 Å². The average Bonchev–Trinajstić information content (AvgIpc) is 1.16. The zero-order chi connectivity index (χ0) is 105. The largest absolute Gasteiger partial charge is 0.0804 e. The molecule has 0 heteroatoms. The lowest BCUT2D eigenvalue weighted by Crippen LogP contribution is -2.12. The van der Waals surface area contributed by atoms with E-state index in [1.165, 1.54) is 111 Å². The Hall–Kier alpha value is -7.02. The molecular formula is C130H230. The van der Waals surface area contributed by atoms with Gasteiger partial charge in [0.25, 0.3) is 0 Å². The quantitative estimate of drug-likeness (QED) is 0.142. The third-order valence-corrected chi connectivity index (χ3v) is 16.8. The first-order chi connectivity index (χ1) is 60.2. The molecule has 3 aliphatic carbocycles. The molecule has 0 aromatic heterocycles. The minimum atomic E-state index is 0.283. The highest BCUT2D eigenvalue weighted by molar-refractivity contribution is 5.82. The average molecular weight is 1790 g/mol. The summed E-state index contributed by atoms with van der Waals surface area (Å²) in [4.78, 5) is 0. The van der Waals surface area contributed by atoms with E-state index in [4.69, 9.17) is 0 Å². The van der Waals surface area contributed by atoms with Gasteiger partial charge in [0.15, 0.2) is 0 Å². The van der Waals surface area contributed by atoms with Crippen LogP contribution < -0.4 is 0 Å². The second kappa shape index (κ2) is 87.3. The molecule has 8 aromatic rings. The number of benzene rings is 8. The van der Waals surface area contributed by atoms with Gasteiger partial charge in [-0.1, -0.05) is 670 Å². The van der Waals surface area contributed by atoms with Gasteiger partial charge in [0.2, 0.25) is 0 Å². The third-order valence-electron chi connectivity index (χ3n) is 16.8. The van der Waals surface area contributed by atoms with E-state index in [0.29, 0.717) is 27.1 Å². The lowest BCUT2D eigenvalue weighted by atomic mass is 9.84. The maximum Gasteiger partial charge on any atom is -0.0127 e. The van der Waals surface area contributed by atoms with Crippen LogP contribution in [-0.2, 0) is 27.1 Å². The molecule has 0 unspecified atom stereocenters. The molecular weight excluding hydrogens is 1560 g/mol. The Morgan fingerprint density at radius 2 is 0.469 bits per heavy atom. The molecule has 0 amide bonds. The van der Waals surface area contributed by atoms with Crippen LogP contribution >= 0.6 is 0 Å². The fourth-order valence-corrected chi connectivity index (χ4v) is 10.7. The van der Waals surface area contributed by atoms with Crippen LogP contribution in [0.25, 0.3) is 10.8 Å². The molecule has 1 saturated carbocycles. The lowest BCUT2D eigenvalue weighted by molar-refractivity contribution is 0.469. The molecule has 0 radical (unpaired) electrons. The number of hydrogen-bond donors (Lipinski definition) is 0. The van der Waals surface area contributed by atoms with Crippen molar-refractivity contribution in [1.29, 1.82) is 0 Å². The Labute approximate surface area is 821 Å². The van der Waals surface area contributed by atoms with Gasteiger partial charge in [0.05, 0.1) is 0 Å². The third kappa shape index (κ3) is 102. The molecule has 0 nitrogen and oxygen atoms in total. The van der Waals surface area contributed by atoms with Gasteiger partial charge < -0.3 is 0 Å². The molecule has 0 bridgehead atoms. The van der Waals surface area contributed by atoms with Crippen molar-refractivity contribution < 1.29 is 0 Å². The van der Waals surface area contributed by atoms with Gasteiger partial charge in [-0.25, -0.2) is 0 Å². The van der Waals surface area contributed by atoms with Crippen LogP contribution in [0.3, 0.4) is 0 Å². The van der Waals surface area contributed by atoms with Gasteiger partial charge >= 0.3 is 0 Å². The minimum absolute atomic E-state index is 0.283. The highest BCUT2D eigenvalue weighted by atomic mass is 14.2. The summed E-state index contributed by atoms with van der Waals surface area (Å²) in [6.45, 7) is 124. The van der Waals surface area contributed by atoms with Crippen molar-refractivity contribution >= 4 is 10.8 Å². The zero-order valence-electron chi connectivity index (χ0n) is 98.8. The molecule has 8 aromatic carbocycles. The zero-order valence-corrected chi connectivity index (χ0v) is 98.8. The smallest absolute Gasteiger partial charge is 0.0127 e. The second-order valence-corrected chi connectivity index (χ2v) is 42.2. The summed E-state index contributed by atoms with van der Waals surface area (Å²) >= 11 is 0. The van der Waals surface area contributed by atoms with E-state index in [-0.39, 0.29) is 27.1 Å². The van der Waals surface area contributed by atoms with Crippen molar-refractivity contribution in [3.63, 3.8) is 0 Å². The Morgan fingerprint density at radius 1 is 0.215 bits per heavy atom. The number of fused-ring (bicyclic) bond motifs is 1. The highest BCUT2D eigenvalue weighted by Crippen LogP contribution is 2.32. The fourth-order valence-electron chi connectivity index (χ4n) is 10.7. The van der Waals surface area contributed by atoms with Crippen molar-refractivity contribution in [2.45, 2.75) is 480 Å². The van der Waals surface area contributed by atoms with Gasteiger partial charge in [-0.2, -0.15) is 0 Å². The van der Waals surface area contributed by atoms with Gasteiger partial charge in [-0.3, -0.25) is 0 Å². The summed E-state index contributed by atoms with van der Waals surface area (Å²) in [6.07, 6.45) is 24.6. The summed E-state index contributed by atoms with van der Waals surface area (Å²) in [5.74, 6) is 0. The SMILES string of the molecule is C1CCCCC1.CC.CC.CC.CC.CC.CC.CC.CC.CC.CC.CC(C)(C)C.CC(C)(C)C.CC(C)(C)C.CC(C)(C)C1=CC=CC1.CC(C)(C)C1=CCC=C1.Cc1ccc(C(C)(C)C)cc1.Cc1cccc(C(C)(C)C)c1.Cc1cccc(C(C)(C)C)c1.Cc1ccccc1C(C)(C)C.Cc1ccccc1C(C)(C)C.c1ccc2ccccc2c1.c1ccccc1. The van der Waals surface area contributed by atoms with Gasteiger partial charge in [-0.15, -0.1) is 0 Å². The van der Waals surface area contributed by atoms with E-state index >= 15 is 0 Å². The van der Waals surface area contributed by atoms with E-state index in [1.807, 2.05) is 175 Å². The molecule has 3 aliphatic rings. The van der Waals surface area contributed by atoms with E-state index in [9.17, 15) is 0 Å². The number of allylic oxidation sites excluding steroid dienone is 8. The Morgan fingerprint density at radius 3 is 0.631 bits per heavy atom. The fraction of sp³-hybridized carbons (Fsp3) is 0.585. The number of hydrogen-bond acceptors (Lipinski definition) is 0. The minimum Gasteiger partial charge on any atom is -0.0804 e. The lowest BCUT2D eigenvalue weighted by Gasteiger charge is -2.21. The number of rotatable bonds is 0. The van der Waals surface area contributed by atoms with E-state index < -0.39 is 0 Å². The molecule has 750 valence electrons. The first-order valence-corrected chi connectivity index (χ1v) is 51.7. The monoisotopic (exact) mass is 1790 g/mol. The Balaban J connectivity index is -0.000000115. The molecule has 1 fully saturated rings. The second-order valence-electron chi connectivity index (χ2n) is 42.2. The Bertz CT molecular complexity index is 3530. The maximum absolute atomic E-state index is 2.29. The van der Waals surface area contributed by atoms with Crippen LogP contribution in [0.4, 0.5) is 0 Å². The predicted molar refractivity (Wildman–Crippen MR) is 619 cm³/mol. The van der Waals surface area contributed by atoms with Crippen LogP contribution in [0, 0.1) is 61.7 Å². The van der Waals surface area contributed by atoms with Gasteiger partial charge in [-0.05, 0) is 157 Å². The maximum atomic E-state index is 2.29. The normalized spacial score (nSPS) is 11.6. The molecule has 0 N–H and O–H groups in total. The molecule has 0 saturated heterocycles. The van der Waals surface area contributed by atoms with Crippen molar-refractivity contribution in [2.24, 2.45) is 27.1 Å². The summed E-state index contributed by atoms with van der Waals surface area (Å²) in [5, 5.41) is 2.62. The van der Waals surface area contributed by atoms with Crippen LogP contribution in [0.5, 0.6) is 0 Å². The van der Waals surface area contributed by atoms with Crippen molar-refractivity contribution in [2.75, 3.05) is 0 Å². The van der Waals surface area contributed by atoms with Crippen LogP contribution in [0.1, 0.15) is 474 Å². The summed E-state index contributed by atoms with van der Waals surface area (Å²) in [5.41, 5.74) is 20.6. The van der Waals surface area contributed by atoms with Crippen LogP contribution in [0.15, 0.2) is 254 Å². The predicted octanol–water partition coefficient (Wildman–Crippen LogP) is 45.6. The van der Waals surface area contributed by atoms with E-state index in [1.54, 1.807) is 5.57 Å². The molecule has 0 atom stereocenters. The molecule has 0 aliphatic heterocycles. The first-order valence-electron chi connectivity index (χ1n) is 51.7. The molecule has 11 rings (SSSR count). The van der Waals surface area contributed by atoms with Crippen molar-refractivity contribution in [3.05, 3.63) is 309 Å². The van der Waals surface area contributed by atoms with E-state index in [2.05, 4.69) is 469 Å². The topological polar surface area (TPSA) is 0 Å². The molecule has 130 heavy (non-hydrogen) atoms. The van der Waals surface area contributed by atoms with Gasteiger partial charge in [0.1, 0.15) is 0 Å². The number of aryl methyl sites for hydroxylation is 5. The van der Waals surface area contributed by atoms with Crippen LogP contribution in [-0.4, -0.2) is 0 Å². The summed E-state index contributed by atoms with van der Waals surface area (Å²) in [6, 6.07) is 72.0. The Kier molecular flexibility index (Phi) is 99.8. The summed E-state index contributed by atoms with van der Waals surface area (Å²) < 4.78 is 0. The molecule has 0 heterocycles. The van der Waals surface area contributed by atoms with Crippen molar-refractivity contribution in [1.82, 2.24) is 0 Å². The summed E-state index contributed by atoms with van der Waals surface area (Å²) in [7, 11) is 0. The standard InChI is InChI=1S/5C11H16.C10H8.2C9H14.C6H12.C6H6.3C5H12.10C2H6/c1-9-5-7-10(8-6-9)11(2,3)4;2*1-9-6-5-7-10(8-9)11(2,3)4;2*1-9-7-5-6-8-10(9)11(2,3)4;1-2-6-10-8-4-3-7-9(10)5-1;2*1-9(2,3)8-6-4-5-7-8;2*1-2-4-6-5-3-1;3*1-5(2,3)4;10*1-2/h5*5-8H,1-4H3;1-8H;4,6-7H,5H2,1-3H3;4-6H,7H2,1-3H3;1-6H2;1-6H;3*1-4H3;10*1-2H3. The molecule has 0 spiro atoms. The van der Waals surface area contributed by atoms with Crippen molar-refractivity contribution in [3.8, 4) is 0 Å². The first kappa shape index (κ1) is 149. The van der Waals surface area contributed by atoms with Crippen LogP contribution in [0.2, 0.25) is 0 Å². The van der Waals surface area contributed by atoms with E-state index in [0.717, 1.165) is 12.8 Å².